The number of carbonyl (C=O) groups is 1. The Hall–Kier alpha value is -2.96. The van der Waals surface area contributed by atoms with E-state index in [0.717, 1.165) is 18.5 Å². The lowest BCUT2D eigenvalue weighted by atomic mass is 10.0. The molecule has 0 bridgehead atoms. The second kappa shape index (κ2) is 10.9. The number of nitrogens with one attached hydrogen (secondary N) is 1. The van der Waals surface area contributed by atoms with Crippen molar-refractivity contribution in [2.75, 3.05) is 13.1 Å². The first kappa shape index (κ1) is 22.7. The lowest BCUT2D eigenvalue weighted by Gasteiger charge is -2.18. The molecule has 0 saturated heterocycles. The van der Waals surface area contributed by atoms with E-state index in [1.54, 1.807) is 11.6 Å². The number of hydrogen-bond donors (Lipinski definition) is 2. The third-order valence-electron chi connectivity index (χ3n) is 5.35. The van der Waals surface area contributed by atoms with E-state index in [9.17, 15) is 14.7 Å². The molecule has 31 heavy (non-hydrogen) atoms. The van der Waals surface area contributed by atoms with Crippen LogP contribution < -0.4 is 10.9 Å². The van der Waals surface area contributed by atoms with Crippen LogP contribution in [0.1, 0.15) is 41.4 Å². The summed E-state index contributed by atoms with van der Waals surface area (Å²) in [5, 5.41) is 13.7. The summed E-state index contributed by atoms with van der Waals surface area (Å²) in [5.41, 5.74) is 2.19. The number of nitrogens with zero attached hydrogens (tertiary/aromatic N) is 2. The van der Waals surface area contributed by atoms with E-state index in [-0.39, 0.29) is 29.9 Å². The Kier molecular flexibility index (Phi) is 7.98. The molecular weight excluding hydrogens is 390 g/mol. The molecule has 0 unspecified atom stereocenters. The first-order valence-electron chi connectivity index (χ1n) is 10.9. The number of aryl methyl sites for hydroxylation is 1. The molecule has 1 heterocycles. The van der Waals surface area contributed by atoms with E-state index < -0.39 is 6.10 Å². The highest BCUT2D eigenvalue weighted by Gasteiger charge is 2.24. The smallest absolute Gasteiger partial charge is 0.282 e. The third-order valence-corrected chi connectivity index (χ3v) is 5.35. The zero-order chi connectivity index (χ0) is 22.2. The molecule has 0 fully saturated rings. The Morgan fingerprint density at radius 1 is 1.06 bits per heavy atom. The van der Waals surface area contributed by atoms with Crippen LogP contribution in [0.15, 0.2) is 65.5 Å². The van der Waals surface area contributed by atoms with E-state index in [2.05, 4.69) is 12.2 Å². The highest BCUT2D eigenvalue weighted by Crippen LogP contribution is 2.15. The van der Waals surface area contributed by atoms with Gasteiger partial charge >= 0.3 is 0 Å². The monoisotopic (exact) mass is 421 g/mol. The van der Waals surface area contributed by atoms with Crippen LogP contribution in [0.4, 0.5) is 0 Å². The number of aliphatic hydroxyl groups is 1. The van der Waals surface area contributed by atoms with Gasteiger partial charge < -0.3 is 10.4 Å². The lowest BCUT2D eigenvalue weighted by Crippen LogP contribution is -2.33. The summed E-state index contributed by atoms with van der Waals surface area (Å²) in [5.74, 6) is -0.173. The minimum Gasteiger partial charge on any atom is -0.390 e. The van der Waals surface area contributed by atoms with Crippen LogP contribution in [0, 0.1) is 6.92 Å². The van der Waals surface area contributed by atoms with Crippen molar-refractivity contribution in [3.05, 3.63) is 87.8 Å². The fraction of sp³-hybridized carbons (Fsp3) is 0.360. The molecule has 0 amide bonds. The summed E-state index contributed by atoms with van der Waals surface area (Å²) in [6.07, 6.45) is 1.14. The van der Waals surface area contributed by atoms with Gasteiger partial charge in [0.05, 0.1) is 18.3 Å². The topological polar surface area (TPSA) is 76.3 Å². The van der Waals surface area contributed by atoms with Gasteiger partial charge in [-0.1, -0.05) is 55.5 Å². The van der Waals surface area contributed by atoms with Gasteiger partial charge in [0.25, 0.3) is 5.56 Å². The zero-order valence-corrected chi connectivity index (χ0v) is 18.3. The summed E-state index contributed by atoms with van der Waals surface area (Å²) >= 11 is 0. The van der Waals surface area contributed by atoms with Gasteiger partial charge in [-0.2, -0.15) is 0 Å². The number of ketones is 1. The van der Waals surface area contributed by atoms with Gasteiger partial charge in [-0.3, -0.25) is 14.3 Å². The molecule has 0 aliphatic carbocycles. The highest BCUT2D eigenvalue weighted by molar-refractivity contribution is 5.97. The number of rotatable bonds is 11. The molecule has 2 N–H and O–H groups in total. The first-order valence-corrected chi connectivity index (χ1v) is 10.9. The number of Topliss-reactive ketones (excluding diaryl/α,β-unsaturated/α-hetero) is 1. The normalized spacial score (nSPS) is 12.1. The predicted molar refractivity (Wildman–Crippen MR) is 123 cm³/mol. The minimum atomic E-state index is -0.681. The first-order chi connectivity index (χ1) is 15.0. The molecule has 0 saturated carbocycles. The molecule has 0 aliphatic rings. The van der Waals surface area contributed by atoms with Crippen molar-refractivity contribution in [2.24, 2.45) is 0 Å². The number of para-hydroxylation sites is 1. The van der Waals surface area contributed by atoms with Crippen molar-refractivity contribution in [3.63, 3.8) is 0 Å². The van der Waals surface area contributed by atoms with Crippen LogP contribution >= 0.6 is 0 Å². The van der Waals surface area contributed by atoms with Gasteiger partial charge in [0.15, 0.2) is 5.78 Å². The summed E-state index contributed by atoms with van der Waals surface area (Å²) in [6, 6.07) is 19.0. The van der Waals surface area contributed by atoms with Gasteiger partial charge in [0.2, 0.25) is 0 Å². The second-order valence-corrected chi connectivity index (χ2v) is 7.76. The van der Waals surface area contributed by atoms with Gasteiger partial charge in [-0.15, -0.1) is 0 Å². The van der Waals surface area contributed by atoms with Crippen LogP contribution in [0.3, 0.4) is 0 Å². The molecule has 0 radical (unpaired) electrons. The Morgan fingerprint density at radius 2 is 1.71 bits per heavy atom. The van der Waals surface area contributed by atoms with E-state index in [1.165, 1.54) is 4.68 Å². The molecule has 2 aromatic carbocycles. The number of benzene rings is 2. The minimum absolute atomic E-state index is 0.173. The largest absolute Gasteiger partial charge is 0.390 e. The Bertz CT molecular complexity index is 1040. The average molecular weight is 422 g/mol. The standard InChI is InChI=1S/C25H31N3O3/c1-3-16-26-17-22(29)18-27-19(2)24(23(30)15-14-20-10-6-4-7-11-20)25(31)28(27)21-12-8-5-9-13-21/h4-13,22,26,29H,3,14-18H2,1-2H3/t22-/m1/s1. The SMILES string of the molecule is CCCNC[C@@H](O)Cn1c(C)c(C(=O)CCc2ccccc2)c(=O)n1-c1ccccc1. The molecule has 164 valence electrons. The fourth-order valence-electron chi connectivity index (χ4n) is 3.75. The Morgan fingerprint density at radius 3 is 2.35 bits per heavy atom. The number of hydrogen-bond acceptors (Lipinski definition) is 4. The predicted octanol–water partition coefficient (Wildman–Crippen LogP) is 3.12. The summed E-state index contributed by atoms with van der Waals surface area (Å²) in [6.45, 7) is 5.31. The number of aliphatic hydroxyl groups excluding tert-OH is 1. The van der Waals surface area contributed by atoms with Crippen molar-refractivity contribution in [2.45, 2.75) is 45.8 Å². The lowest BCUT2D eigenvalue weighted by molar-refractivity contribution is 0.0980. The molecule has 3 rings (SSSR count). The van der Waals surface area contributed by atoms with Crippen molar-refractivity contribution in [1.29, 1.82) is 0 Å². The Balaban J connectivity index is 1.92. The summed E-state index contributed by atoms with van der Waals surface area (Å²) < 4.78 is 3.24. The summed E-state index contributed by atoms with van der Waals surface area (Å²) in [4.78, 5) is 26.4. The molecule has 1 aromatic heterocycles. The second-order valence-electron chi connectivity index (χ2n) is 7.76. The van der Waals surface area contributed by atoms with Crippen molar-refractivity contribution in [1.82, 2.24) is 14.7 Å². The van der Waals surface area contributed by atoms with E-state index in [4.69, 9.17) is 0 Å². The number of carbonyl (C=O) groups excluding carboxylic acids is 1. The van der Waals surface area contributed by atoms with Crippen LogP contribution in [-0.2, 0) is 13.0 Å². The Labute approximate surface area is 183 Å². The quantitative estimate of drug-likeness (QED) is 0.368. The van der Waals surface area contributed by atoms with Gasteiger partial charge in [0.1, 0.15) is 5.56 Å². The third kappa shape index (κ3) is 5.60. The highest BCUT2D eigenvalue weighted by atomic mass is 16.3. The van der Waals surface area contributed by atoms with Crippen LogP contribution in [0.2, 0.25) is 0 Å². The van der Waals surface area contributed by atoms with Crippen LogP contribution in [-0.4, -0.2) is 39.4 Å². The molecule has 1 atom stereocenters. The van der Waals surface area contributed by atoms with E-state index in [1.807, 2.05) is 60.7 Å². The zero-order valence-electron chi connectivity index (χ0n) is 18.3. The fourth-order valence-corrected chi connectivity index (χ4v) is 3.75. The maximum Gasteiger partial charge on any atom is 0.282 e. The maximum absolute atomic E-state index is 13.3. The van der Waals surface area contributed by atoms with Crippen LogP contribution in [0.25, 0.3) is 5.69 Å². The molecular formula is C25H31N3O3. The van der Waals surface area contributed by atoms with E-state index in [0.29, 0.717) is 24.3 Å². The average Bonchev–Trinajstić information content (AvgIpc) is 3.03. The van der Waals surface area contributed by atoms with Crippen molar-refractivity contribution >= 4 is 5.78 Å². The van der Waals surface area contributed by atoms with Crippen LogP contribution in [0.5, 0.6) is 0 Å². The maximum atomic E-state index is 13.3. The molecule has 3 aromatic rings. The molecule has 6 nitrogen and oxygen atoms in total. The molecule has 0 aliphatic heterocycles. The van der Waals surface area contributed by atoms with Gasteiger partial charge in [-0.25, -0.2) is 4.68 Å². The summed E-state index contributed by atoms with van der Waals surface area (Å²) in [7, 11) is 0. The van der Waals surface area contributed by atoms with Crippen molar-refractivity contribution in [3.8, 4) is 5.69 Å². The van der Waals surface area contributed by atoms with Gasteiger partial charge in [0, 0.05) is 18.7 Å². The van der Waals surface area contributed by atoms with Crippen molar-refractivity contribution < 1.29 is 9.90 Å². The molecule has 0 spiro atoms. The molecule has 6 heteroatoms. The van der Waals surface area contributed by atoms with Gasteiger partial charge in [-0.05, 0) is 44.0 Å². The van der Waals surface area contributed by atoms with E-state index >= 15 is 0 Å². The number of aromatic nitrogens is 2.